The molecule has 3 heterocycles. The summed E-state index contributed by atoms with van der Waals surface area (Å²) in [6, 6.07) is 20.8. The number of H-pyrrole nitrogens is 1. The average Bonchev–Trinajstić information content (AvgIpc) is 3.68. The van der Waals surface area contributed by atoms with Crippen LogP contribution in [0.1, 0.15) is 27.3 Å². The number of nitrogens with one attached hydrogen (secondary N) is 1. The topological polar surface area (TPSA) is 102 Å². The van der Waals surface area contributed by atoms with E-state index in [4.69, 9.17) is 10.5 Å². The van der Waals surface area contributed by atoms with Gasteiger partial charge in [0.2, 0.25) is 0 Å². The minimum atomic E-state index is -0.0928. The number of fused-ring (bicyclic) bond motifs is 2. The first kappa shape index (κ1) is 23.4. The standard InChI is InChI=1S/C31H28N6O2/c1-19-34-28-9-8-26(17-29(28)35-19)37-31(32)27(18-33-37)30(38)24-15-22-3-2-21(14-23(22)16-24)20-4-6-25(7-5-20)36-10-12-39-13-11-36/h2-9,14-15,17-18H,10-13,16,32H2,1H3,(H,34,35). The van der Waals surface area contributed by atoms with Gasteiger partial charge in [0.15, 0.2) is 5.78 Å². The molecule has 3 aromatic carbocycles. The van der Waals surface area contributed by atoms with Crippen LogP contribution in [0.2, 0.25) is 0 Å². The molecule has 2 aromatic heterocycles. The van der Waals surface area contributed by atoms with Gasteiger partial charge in [0.1, 0.15) is 11.6 Å². The Morgan fingerprint density at radius 3 is 2.56 bits per heavy atom. The number of aromatic amines is 1. The molecule has 2 aliphatic rings. The molecule has 5 aromatic rings. The van der Waals surface area contributed by atoms with Crippen LogP contribution < -0.4 is 10.6 Å². The molecule has 0 unspecified atom stereocenters. The van der Waals surface area contributed by atoms with Crippen molar-refractivity contribution in [2.75, 3.05) is 36.9 Å². The highest BCUT2D eigenvalue weighted by molar-refractivity contribution is 6.15. The maximum Gasteiger partial charge on any atom is 0.194 e. The van der Waals surface area contributed by atoms with Gasteiger partial charge in [0.25, 0.3) is 0 Å². The van der Waals surface area contributed by atoms with Crippen molar-refractivity contribution < 1.29 is 9.53 Å². The van der Waals surface area contributed by atoms with Gasteiger partial charge in [-0.3, -0.25) is 4.79 Å². The number of allylic oxidation sites excluding steroid dienone is 1. The summed E-state index contributed by atoms with van der Waals surface area (Å²) < 4.78 is 7.07. The van der Waals surface area contributed by atoms with Crippen LogP contribution in [0.3, 0.4) is 0 Å². The fourth-order valence-corrected chi connectivity index (χ4v) is 5.52. The first-order chi connectivity index (χ1) is 19.0. The Morgan fingerprint density at radius 2 is 1.74 bits per heavy atom. The Bertz CT molecular complexity index is 1760. The highest BCUT2D eigenvalue weighted by atomic mass is 16.5. The summed E-state index contributed by atoms with van der Waals surface area (Å²) in [5.74, 6) is 1.07. The van der Waals surface area contributed by atoms with Crippen LogP contribution in [-0.4, -0.2) is 51.8 Å². The van der Waals surface area contributed by atoms with Crippen molar-refractivity contribution in [2.24, 2.45) is 0 Å². The number of aryl methyl sites for hydroxylation is 1. The van der Waals surface area contributed by atoms with Gasteiger partial charge in [-0.05, 0) is 65.6 Å². The van der Waals surface area contributed by atoms with Crippen molar-refractivity contribution in [3.63, 3.8) is 0 Å². The van der Waals surface area contributed by atoms with E-state index in [9.17, 15) is 4.79 Å². The zero-order chi connectivity index (χ0) is 26.5. The highest BCUT2D eigenvalue weighted by Gasteiger charge is 2.24. The molecule has 39 heavy (non-hydrogen) atoms. The highest BCUT2D eigenvalue weighted by Crippen LogP contribution is 2.33. The number of Topliss-reactive ketones (excluding diaryl/α,β-unsaturated/α-hetero) is 1. The number of benzene rings is 3. The lowest BCUT2D eigenvalue weighted by Gasteiger charge is -2.28. The van der Waals surface area contributed by atoms with Gasteiger partial charge in [0, 0.05) is 30.8 Å². The summed E-state index contributed by atoms with van der Waals surface area (Å²) in [5, 5.41) is 4.43. The van der Waals surface area contributed by atoms with Gasteiger partial charge >= 0.3 is 0 Å². The molecule has 0 atom stereocenters. The second-order valence-corrected chi connectivity index (χ2v) is 10.1. The largest absolute Gasteiger partial charge is 0.383 e. The second-order valence-electron chi connectivity index (χ2n) is 10.1. The molecule has 3 N–H and O–H groups in total. The Labute approximate surface area is 225 Å². The number of carbonyl (C=O) groups is 1. The third-order valence-electron chi connectivity index (χ3n) is 7.60. The summed E-state index contributed by atoms with van der Waals surface area (Å²) in [5.41, 5.74) is 15.8. The summed E-state index contributed by atoms with van der Waals surface area (Å²) >= 11 is 0. The van der Waals surface area contributed by atoms with E-state index in [1.165, 1.54) is 5.69 Å². The number of ketones is 1. The molecule has 0 amide bonds. The number of hydrogen-bond acceptors (Lipinski definition) is 6. The van der Waals surface area contributed by atoms with Crippen molar-refractivity contribution in [2.45, 2.75) is 13.3 Å². The summed E-state index contributed by atoms with van der Waals surface area (Å²) in [4.78, 5) is 23.5. The lowest BCUT2D eigenvalue weighted by Crippen LogP contribution is -2.36. The predicted octanol–water partition coefficient (Wildman–Crippen LogP) is 4.97. The van der Waals surface area contributed by atoms with E-state index in [2.05, 4.69) is 62.4 Å². The number of nitrogens with two attached hydrogens (primary N) is 1. The Morgan fingerprint density at radius 1 is 0.974 bits per heavy atom. The third kappa shape index (κ3) is 4.19. The molecule has 0 spiro atoms. The maximum absolute atomic E-state index is 13.5. The number of aromatic nitrogens is 4. The first-order valence-corrected chi connectivity index (χ1v) is 13.1. The molecule has 8 heteroatoms. The molecular formula is C31H28N6O2. The van der Waals surface area contributed by atoms with Crippen LogP contribution in [0.5, 0.6) is 0 Å². The molecule has 1 saturated heterocycles. The van der Waals surface area contributed by atoms with Crippen LogP contribution in [0.15, 0.2) is 72.4 Å². The number of morpholine rings is 1. The van der Waals surface area contributed by atoms with Crippen molar-refractivity contribution in [1.29, 1.82) is 0 Å². The number of ether oxygens (including phenoxy) is 1. The van der Waals surface area contributed by atoms with Crippen LogP contribution >= 0.6 is 0 Å². The average molecular weight is 517 g/mol. The first-order valence-electron chi connectivity index (χ1n) is 13.1. The fourth-order valence-electron chi connectivity index (χ4n) is 5.52. The quantitative estimate of drug-likeness (QED) is 0.320. The van der Waals surface area contributed by atoms with E-state index < -0.39 is 0 Å². The second kappa shape index (κ2) is 9.25. The number of nitrogen functional groups attached to an aromatic ring is 1. The minimum Gasteiger partial charge on any atom is -0.383 e. The predicted molar refractivity (Wildman–Crippen MR) is 153 cm³/mol. The van der Waals surface area contributed by atoms with Gasteiger partial charge in [-0.25, -0.2) is 9.67 Å². The van der Waals surface area contributed by atoms with Gasteiger partial charge in [0.05, 0.1) is 41.7 Å². The van der Waals surface area contributed by atoms with Gasteiger partial charge in [-0.2, -0.15) is 5.10 Å². The number of rotatable bonds is 5. The Balaban J connectivity index is 1.10. The van der Waals surface area contributed by atoms with E-state index in [-0.39, 0.29) is 5.78 Å². The zero-order valence-corrected chi connectivity index (χ0v) is 21.6. The number of nitrogens with zero attached hydrogens (tertiary/aromatic N) is 4. The van der Waals surface area contributed by atoms with E-state index in [0.717, 1.165) is 76.7 Å². The SMILES string of the molecule is Cc1nc2ccc(-n3ncc(C(=O)C4=Cc5ccc(-c6ccc(N7CCOCC7)cc6)cc5C4)c3N)cc2[nH]1. The van der Waals surface area contributed by atoms with Crippen molar-refractivity contribution in [1.82, 2.24) is 19.7 Å². The van der Waals surface area contributed by atoms with Gasteiger partial charge in [-0.15, -0.1) is 0 Å². The smallest absolute Gasteiger partial charge is 0.194 e. The summed E-state index contributed by atoms with van der Waals surface area (Å²) in [6.45, 7) is 5.30. The molecule has 0 bridgehead atoms. The number of carbonyl (C=O) groups excluding carboxylic acids is 1. The molecular weight excluding hydrogens is 488 g/mol. The molecule has 8 nitrogen and oxygen atoms in total. The lowest BCUT2D eigenvalue weighted by molar-refractivity contribution is 0.103. The normalized spacial score (nSPS) is 15.0. The molecule has 7 rings (SSSR count). The molecule has 0 saturated carbocycles. The maximum atomic E-state index is 13.5. The molecule has 1 aliphatic carbocycles. The van der Waals surface area contributed by atoms with Crippen molar-refractivity contribution >= 4 is 34.4 Å². The van der Waals surface area contributed by atoms with Crippen molar-refractivity contribution in [3.05, 3.63) is 94.9 Å². The van der Waals surface area contributed by atoms with E-state index in [0.29, 0.717) is 17.8 Å². The molecule has 194 valence electrons. The van der Waals surface area contributed by atoms with Crippen molar-refractivity contribution in [3.8, 4) is 16.8 Å². The third-order valence-corrected chi connectivity index (χ3v) is 7.60. The number of hydrogen-bond donors (Lipinski definition) is 2. The fraction of sp³-hybridized carbons (Fsp3) is 0.194. The molecule has 1 fully saturated rings. The summed E-state index contributed by atoms with van der Waals surface area (Å²) in [6.07, 6.45) is 4.10. The number of imidazole rings is 1. The van der Waals surface area contributed by atoms with Crippen LogP contribution in [0.4, 0.5) is 11.5 Å². The number of anilines is 2. The van der Waals surface area contributed by atoms with Gasteiger partial charge < -0.3 is 20.4 Å². The Hall–Kier alpha value is -4.69. The zero-order valence-electron chi connectivity index (χ0n) is 21.6. The monoisotopic (exact) mass is 516 g/mol. The van der Waals surface area contributed by atoms with Crippen LogP contribution in [0.25, 0.3) is 33.9 Å². The molecule has 0 radical (unpaired) electrons. The summed E-state index contributed by atoms with van der Waals surface area (Å²) in [7, 11) is 0. The van der Waals surface area contributed by atoms with Crippen LogP contribution in [-0.2, 0) is 11.2 Å². The van der Waals surface area contributed by atoms with E-state index in [1.807, 2.05) is 31.2 Å². The minimum absolute atomic E-state index is 0.0928. The lowest BCUT2D eigenvalue weighted by atomic mass is 9.99. The molecule has 1 aliphatic heterocycles. The van der Waals surface area contributed by atoms with E-state index in [1.54, 1.807) is 10.9 Å². The Kier molecular flexibility index (Phi) is 5.56. The van der Waals surface area contributed by atoms with Gasteiger partial charge in [-0.1, -0.05) is 30.3 Å². The van der Waals surface area contributed by atoms with E-state index >= 15 is 0 Å². The van der Waals surface area contributed by atoms with Crippen LogP contribution in [0, 0.1) is 6.92 Å².